The summed E-state index contributed by atoms with van der Waals surface area (Å²) in [5.41, 5.74) is 2.92. The van der Waals surface area contributed by atoms with Gasteiger partial charge in [0.1, 0.15) is 0 Å². The molecule has 1 aromatic carbocycles. The monoisotopic (exact) mass is 247 g/mol. The molecule has 0 aliphatic heterocycles. The Hall–Kier alpha value is -0.820. The van der Waals surface area contributed by atoms with E-state index in [0.717, 1.165) is 6.54 Å². The van der Waals surface area contributed by atoms with Crippen molar-refractivity contribution in [3.05, 3.63) is 35.4 Å². The zero-order valence-corrected chi connectivity index (χ0v) is 12.5. The van der Waals surface area contributed by atoms with Crippen molar-refractivity contribution >= 4 is 0 Å². The van der Waals surface area contributed by atoms with E-state index in [0.29, 0.717) is 12.0 Å². The molecule has 1 heteroatoms. The van der Waals surface area contributed by atoms with Crippen LogP contribution in [0.3, 0.4) is 0 Å². The summed E-state index contributed by atoms with van der Waals surface area (Å²) >= 11 is 0. The van der Waals surface area contributed by atoms with Crippen molar-refractivity contribution in [1.29, 1.82) is 0 Å². The molecule has 1 N–H and O–H groups in total. The lowest BCUT2D eigenvalue weighted by atomic mass is 9.99. The van der Waals surface area contributed by atoms with Gasteiger partial charge < -0.3 is 5.32 Å². The van der Waals surface area contributed by atoms with Gasteiger partial charge in [-0.05, 0) is 49.3 Å². The van der Waals surface area contributed by atoms with Gasteiger partial charge in [0.25, 0.3) is 0 Å². The van der Waals surface area contributed by atoms with Crippen molar-refractivity contribution in [2.75, 3.05) is 6.54 Å². The molecule has 0 aromatic heterocycles. The fraction of sp³-hybridized carbons (Fsp3) is 0.647. The first kappa shape index (κ1) is 15.2. The van der Waals surface area contributed by atoms with Crippen molar-refractivity contribution < 1.29 is 0 Å². The Kier molecular flexibility index (Phi) is 7.04. The van der Waals surface area contributed by atoms with Crippen molar-refractivity contribution in [2.24, 2.45) is 0 Å². The van der Waals surface area contributed by atoms with Crippen LogP contribution in [0.15, 0.2) is 24.3 Å². The number of benzene rings is 1. The van der Waals surface area contributed by atoms with Gasteiger partial charge in [-0.2, -0.15) is 0 Å². The van der Waals surface area contributed by atoms with Crippen molar-refractivity contribution in [2.45, 2.75) is 65.3 Å². The smallest absolute Gasteiger partial charge is 0.00644 e. The van der Waals surface area contributed by atoms with E-state index in [-0.39, 0.29) is 0 Å². The summed E-state index contributed by atoms with van der Waals surface area (Å²) in [6.07, 6.45) is 5.02. The molecule has 0 aliphatic rings. The van der Waals surface area contributed by atoms with E-state index in [2.05, 4.69) is 57.3 Å². The molecule has 1 rings (SSSR count). The van der Waals surface area contributed by atoms with E-state index >= 15 is 0 Å². The predicted molar refractivity (Wildman–Crippen MR) is 81.2 cm³/mol. The van der Waals surface area contributed by atoms with E-state index in [1.54, 1.807) is 0 Å². The second-order valence-corrected chi connectivity index (χ2v) is 5.45. The van der Waals surface area contributed by atoms with Gasteiger partial charge in [0, 0.05) is 6.04 Å². The Bertz CT molecular complexity index is 313. The fourth-order valence-electron chi connectivity index (χ4n) is 2.36. The molecule has 102 valence electrons. The van der Waals surface area contributed by atoms with Crippen LogP contribution in [0.2, 0.25) is 0 Å². The van der Waals surface area contributed by atoms with Crippen molar-refractivity contribution in [1.82, 2.24) is 5.32 Å². The Morgan fingerprint density at radius 1 is 1.06 bits per heavy atom. The molecule has 0 bridgehead atoms. The second kappa shape index (κ2) is 8.31. The van der Waals surface area contributed by atoms with Gasteiger partial charge in [-0.3, -0.25) is 0 Å². The van der Waals surface area contributed by atoms with Crippen LogP contribution < -0.4 is 5.32 Å². The normalized spacial score (nSPS) is 12.9. The molecule has 1 atom stereocenters. The average Bonchev–Trinajstić information content (AvgIpc) is 2.38. The maximum absolute atomic E-state index is 3.54. The van der Waals surface area contributed by atoms with E-state index < -0.39 is 0 Å². The number of nitrogens with one attached hydrogen (secondary N) is 1. The Morgan fingerprint density at radius 2 is 1.72 bits per heavy atom. The third-order valence-corrected chi connectivity index (χ3v) is 3.65. The van der Waals surface area contributed by atoms with Crippen LogP contribution >= 0.6 is 0 Å². The highest BCUT2D eigenvalue weighted by Crippen LogP contribution is 2.16. The lowest BCUT2D eigenvalue weighted by Crippen LogP contribution is -2.27. The van der Waals surface area contributed by atoms with Gasteiger partial charge in [0.15, 0.2) is 0 Å². The predicted octanol–water partition coefficient (Wildman–Crippen LogP) is 4.52. The maximum Gasteiger partial charge on any atom is 0.00644 e. The molecular weight excluding hydrogens is 218 g/mol. The molecule has 0 spiro atoms. The van der Waals surface area contributed by atoms with E-state index in [4.69, 9.17) is 0 Å². The van der Waals surface area contributed by atoms with E-state index in [1.807, 2.05) is 0 Å². The minimum atomic E-state index is 0.636. The summed E-state index contributed by atoms with van der Waals surface area (Å²) in [4.78, 5) is 0. The molecule has 1 nitrogen and oxygen atoms in total. The average molecular weight is 247 g/mol. The minimum Gasteiger partial charge on any atom is -0.314 e. The summed E-state index contributed by atoms with van der Waals surface area (Å²) < 4.78 is 0. The Morgan fingerprint density at radius 3 is 2.22 bits per heavy atom. The van der Waals surface area contributed by atoms with Crippen LogP contribution in [-0.2, 0) is 6.42 Å². The fourth-order valence-corrected chi connectivity index (χ4v) is 2.36. The Labute approximate surface area is 113 Å². The molecule has 0 amide bonds. The summed E-state index contributed by atoms with van der Waals surface area (Å²) in [6, 6.07) is 9.85. The maximum atomic E-state index is 3.54. The standard InChI is InChI=1S/C17H29N/c1-5-17(18-6-2)9-7-8-15-10-12-16(13-11-15)14(3)4/h10-14,17-18H,5-9H2,1-4H3. The molecule has 0 fully saturated rings. The van der Waals surface area contributed by atoms with Crippen LogP contribution in [0.1, 0.15) is 64.0 Å². The Balaban J connectivity index is 2.34. The van der Waals surface area contributed by atoms with Gasteiger partial charge >= 0.3 is 0 Å². The highest BCUT2D eigenvalue weighted by atomic mass is 14.9. The van der Waals surface area contributed by atoms with Crippen LogP contribution in [0.25, 0.3) is 0 Å². The van der Waals surface area contributed by atoms with Crippen molar-refractivity contribution in [3.63, 3.8) is 0 Å². The summed E-state index contributed by atoms with van der Waals surface area (Å²) in [7, 11) is 0. The largest absolute Gasteiger partial charge is 0.314 e. The molecule has 0 aliphatic carbocycles. The minimum absolute atomic E-state index is 0.636. The van der Waals surface area contributed by atoms with Gasteiger partial charge in [-0.1, -0.05) is 52.0 Å². The number of hydrogen-bond donors (Lipinski definition) is 1. The third-order valence-electron chi connectivity index (χ3n) is 3.65. The first-order chi connectivity index (χ1) is 8.67. The van der Waals surface area contributed by atoms with Gasteiger partial charge in [-0.25, -0.2) is 0 Å². The zero-order valence-electron chi connectivity index (χ0n) is 12.5. The highest BCUT2D eigenvalue weighted by molar-refractivity contribution is 5.24. The molecule has 0 heterocycles. The van der Waals surface area contributed by atoms with Gasteiger partial charge in [0.05, 0.1) is 0 Å². The number of rotatable bonds is 8. The first-order valence-electron chi connectivity index (χ1n) is 7.49. The van der Waals surface area contributed by atoms with Crippen LogP contribution in [0.4, 0.5) is 0 Å². The molecule has 18 heavy (non-hydrogen) atoms. The highest BCUT2D eigenvalue weighted by Gasteiger charge is 2.04. The summed E-state index contributed by atoms with van der Waals surface area (Å²) in [6.45, 7) is 10.0. The number of hydrogen-bond acceptors (Lipinski definition) is 1. The molecular formula is C17H29N. The molecule has 1 aromatic rings. The summed E-state index contributed by atoms with van der Waals surface area (Å²) in [5.74, 6) is 0.636. The molecule has 0 radical (unpaired) electrons. The lowest BCUT2D eigenvalue weighted by molar-refractivity contribution is 0.467. The van der Waals surface area contributed by atoms with E-state index in [1.165, 1.54) is 36.8 Å². The number of aryl methyl sites for hydroxylation is 1. The van der Waals surface area contributed by atoms with Crippen molar-refractivity contribution in [3.8, 4) is 0 Å². The topological polar surface area (TPSA) is 12.0 Å². The molecule has 1 unspecified atom stereocenters. The van der Waals surface area contributed by atoms with Gasteiger partial charge in [-0.15, -0.1) is 0 Å². The van der Waals surface area contributed by atoms with E-state index in [9.17, 15) is 0 Å². The summed E-state index contributed by atoms with van der Waals surface area (Å²) in [5, 5.41) is 3.54. The van der Waals surface area contributed by atoms with Gasteiger partial charge in [0.2, 0.25) is 0 Å². The van der Waals surface area contributed by atoms with Crippen LogP contribution in [0.5, 0.6) is 0 Å². The SMILES string of the molecule is CCNC(CC)CCCc1ccc(C(C)C)cc1. The molecule has 0 saturated heterocycles. The first-order valence-corrected chi connectivity index (χ1v) is 7.49. The van der Waals surface area contributed by atoms with Crippen LogP contribution in [0, 0.1) is 0 Å². The zero-order chi connectivity index (χ0) is 13.4. The lowest BCUT2D eigenvalue weighted by Gasteiger charge is -2.15. The van der Waals surface area contributed by atoms with Crippen LogP contribution in [-0.4, -0.2) is 12.6 Å². The third kappa shape index (κ3) is 5.22. The second-order valence-electron chi connectivity index (χ2n) is 5.45. The quantitative estimate of drug-likeness (QED) is 0.712. The molecule has 0 saturated carbocycles.